The summed E-state index contributed by atoms with van der Waals surface area (Å²) in [5, 5.41) is 15.0. The summed E-state index contributed by atoms with van der Waals surface area (Å²) in [6.45, 7) is 5.27. The molecule has 0 bridgehead atoms. The van der Waals surface area contributed by atoms with Gasteiger partial charge in [0.2, 0.25) is 0 Å². The SMILES string of the molecule is CCOC(=O)C1=C(C)NC(=S)N(NC(=O)c2ccc3oc(C)nc3c2)C1c1ccccc1O. The first-order valence-corrected chi connectivity index (χ1v) is 10.6. The second kappa shape index (κ2) is 8.91. The summed E-state index contributed by atoms with van der Waals surface area (Å²) in [6.07, 6.45) is 0. The summed E-state index contributed by atoms with van der Waals surface area (Å²) in [4.78, 5) is 30.3. The van der Waals surface area contributed by atoms with Crippen LogP contribution in [0.15, 0.2) is 58.2 Å². The van der Waals surface area contributed by atoms with E-state index < -0.39 is 17.9 Å². The third kappa shape index (κ3) is 4.24. The number of ether oxygens (including phenoxy) is 1. The van der Waals surface area contributed by atoms with E-state index in [1.54, 1.807) is 57.2 Å². The number of hydrazine groups is 1. The molecule has 1 aliphatic rings. The van der Waals surface area contributed by atoms with Crippen LogP contribution in [0.1, 0.15) is 41.7 Å². The molecular formula is C23H22N4O5S. The van der Waals surface area contributed by atoms with E-state index in [0.29, 0.717) is 33.8 Å². The number of benzene rings is 2. The number of allylic oxidation sites excluding steroid dienone is 1. The van der Waals surface area contributed by atoms with Crippen molar-refractivity contribution in [1.29, 1.82) is 0 Å². The van der Waals surface area contributed by atoms with E-state index in [9.17, 15) is 14.7 Å². The minimum absolute atomic E-state index is 0.0551. The Morgan fingerprint density at radius 1 is 1.27 bits per heavy atom. The van der Waals surface area contributed by atoms with Crippen LogP contribution in [0.5, 0.6) is 5.75 Å². The molecule has 0 spiro atoms. The van der Waals surface area contributed by atoms with Gasteiger partial charge in [-0.2, -0.15) is 0 Å². The number of nitrogens with zero attached hydrogens (tertiary/aromatic N) is 2. The van der Waals surface area contributed by atoms with Gasteiger partial charge in [-0.15, -0.1) is 0 Å². The molecule has 33 heavy (non-hydrogen) atoms. The first-order chi connectivity index (χ1) is 15.8. The molecule has 4 rings (SSSR count). The van der Waals surface area contributed by atoms with Crippen LogP contribution in [-0.2, 0) is 9.53 Å². The predicted molar refractivity (Wildman–Crippen MR) is 124 cm³/mol. The fourth-order valence-corrected chi connectivity index (χ4v) is 4.00. The number of rotatable bonds is 5. The number of phenols is 1. The standard InChI is InChI=1S/C23H22N4O5S/c1-4-31-22(30)19-12(2)24-23(33)27(20(19)15-7-5-6-8-17(15)28)26-21(29)14-9-10-18-16(11-14)25-13(3)32-18/h5-11,20,28H,4H2,1-3H3,(H,24,33)(H,26,29). The van der Waals surface area contributed by atoms with Crippen molar-refractivity contribution >= 4 is 40.3 Å². The molecule has 1 aliphatic heterocycles. The molecule has 2 aromatic carbocycles. The Morgan fingerprint density at radius 3 is 2.76 bits per heavy atom. The quantitative estimate of drug-likeness (QED) is 0.385. The van der Waals surface area contributed by atoms with Crippen LogP contribution in [0.3, 0.4) is 0 Å². The molecule has 170 valence electrons. The summed E-state index contributed by atoms with van der Waals surface area (Å²) < 4.78 is 10.7. The van der Waals surface area contributed by atoms with Gasteiger partial charge in [0, 0.05) is 23.7 Å². The van der Waals surface area contributed by atoms with Gasteiger partial charge in [-0.25, -0.2) is 14.8 Å². The fraction of sp³-hybridized carbons (Fsp3) is 0.217. The third-order valence-corrected chi connectivity index (χ3v) is 5.45. The van der Waals surface area contributed by atoms with Crippen molar-refractivity contribution in [2.45, 2.75) is 26.8 Å². The highest BCUT2D eigenvalue weighted by Crippen LogP contribution is 2.37. The average Bonchev–Trinajstić information content (AvgIpc) is 3.15. The van der Waals surface area contributed by atoms with Crippen molar-refractivity contribution in [1.82, 2.24) is 20.7 Å². The van der Waals surface area contributed by atoms with Crippen LogP contribution in [0, 0.1) is 6.92 Å². The molecule has 0 radical (unpaired) electrons. The molecule has 3 N–H and O–H groups in total. The molecule has 1 atom stereocenters. The van der Waals surface area contributed by atoms with E-state index in [1.807, 2.05) is 0 Å². The number of para-hydroxylation sites is 1. The summed E-state index contributed by atoms with van der Waals surface area (Å²) in [6, 6.07) is 10.5. The van der Waals surface area contributed by atoms with E-state index in [4.69, 9.17) is 21.4 Å². The number of aromatic nitrogens is 1. The predicted octanol–water partition coefficient (Wildman–Crippen LogP) is 3.26. The van der Waals surface area contributed by atoms with Crippen molar-refractivity contribution in [2.75, 3.05) is 6.61 Å². The Morgan fingerprint density at radius 2 is 2.03 bits per heavy atom. The second-order valence-corrected chi connectivity index (χ2v) is 7.76. The molecule has 0 fully saturated rings. The summed E-state index contributed by atoms with van der Waals surface area (Å²) in [5.74, 6) is -0.634. The van der Waals surface area contributed by atoms with E-state index >= 15 is 0 Å². The molecule has 1 unspecified atom stereocenters. The first kappa shape index (κ1) is 22.3. The maximum absolute atomic E-state index is 13.2. The van der Waals surface area contributed by atoms with Gasteiger partial charge >= 0.3 is 5.97 Å². The van der Waals surface area contributed by atoms with E-state index in [0.717, 1.165) is 0 Å². The third-order valence-electron chi connectivity index (χ3n) is 5.15. The number of carbonyl (C=O) groups excluding carboxylic acids is 2. The Labute approximate surface area is 195 Å². The van der Waals surface area contributed by atoms with Crippen LogP contribution in [0.4, 0.5) is 0 Å². The number of nitrogens with one attached hydrogen (secondary N) is 2. The largest absolute Gasteiger partial charge is 0.508 e. The average molecular weight is 467 g/mol. The zero-order valence-corrected chi connectivity index (χ0v) is 19.0. The van der Waals surface area contributed by atoms with Crippen LogP contribution >= 0.6 is 12.2 Å². The van der Waals surface area contributed by atoms with Gasteiger partial charge in [-0.3, -0.25) is 10.2 Å². The molecule has 9 nitrogen and oxygen atoms in total. The lowest BCUT2D eigenvalue weighted by Gasteiger charge is -2.39. The molecular weight excluding hydrogens is 444 g/mol. The lowest BCUT2D eigenvalue weighted by atomic mass is 9.94. The molecule has 0 aliphatic carbocycles. The van der Waals surface area contributed by atoms with Crippen LogP contribution in [-0.4, -0.2) is 38.7 Å². The number of aromatic hydroxyl groups is 1. The van der Waals surface area contributed by atoms with Gasteiger partial charge in [-0.05, 0) is 50.3 Å². The highest BCUT2D eigenvalue weighted by molar-refractivity contribution is 7.80. The number of aryl methyl sites for hydroxylation is 1. The van der Waals surface area contributed by atoms with Gasteiger partial charge in [0.1, 0.15) is 17.3 Å². The van der Waals surface area contributed by atoms with Crippen LogP contribution in [0.25, 0.3) is 11.1 Å². The molecule has 3 aromatic rings. The lowest BCUT2D eigenvalue weighted by Crippen LogP contribution is -2.56. The maximum atomic E-state index is 13.2. The van der Waals surface area contributed by atoms with Gasteiger partial charge in [0.25, 0.3) is 5.91 Å². The minimum atomic E-state index is -0.916. The summed E-state index contributed by atoms with van der Waals surface area (Å²) in [5.41, 5.74) is 5.25. The van der Waals surface area contributed by atoms with Gasteiger partial charge < -0.3 is 19.6 Å². The van der Waals surface area contributed by atoms with Crippen molar-refractivity contribution in [3.63, 3.8) is 0 Å². The molecule has 0 saturated heterocycles. The first-order valence-electron chi connectivity index (χ1n) is 10.2. The Balaban J connectivity index is 1.75. The number of amides is 1. The van der Waals surface area contributed by atoms with Gasteiger partial charge in [0.05, 0.1) is 12.2 Å². The Hall–Kier alpha value is -3.92. The van der Waals surface area contributed by atoms with E-state index in [-0.39, 0.29) is 23.0 Å². The zero-order chi connectivity index (χ0) is 23.7. The Kier molecular flexibility index (Phi) is 6.01. The van der Waals surface area contributed by atoms with Crippen LogP contribution in [0.2, 0.25) is 0 Å². The van der Waals surface area contributed by atoms with Crippen molar-refractivity contribution in [3.8, 4) is 5.75 Å². The van der Waals surface area contributed by atoms with Crippen molar-refractivity contribution in [3.05, 3.63) is 70.8 Å². The fourth-order valence-electron chi connectivity index (χ4n) is 3.70. The number of hydrogen-bond donors (Lipinski definition) is 3. The molecule has 2 heterocycles. The number of fused-ring (bicyclic) bond motifs is 1. The second-order valence-electron chi connectivity index (χ2n) is 7.38. The highest BCUT2D eigenvalue weighted by Gasteiger charge is 2.39. The van der Waals surface area contributed by atoms with Gasteiger partial charge in [0.15, 0.2) is 16.6 Å². The highest BCUT2D eigenvalue weighted by atomic mass is 32.1. The monoisotopic (exact) mass is 466 g/mol. The minimum Gasteiger partial charge on any atom is -0.508 e. The number of carbonyl (C=O) groups is 2. The van der Waals surface area contributed by atoms with Crippen LogP contribution < -0.4 is 10.7 Å². The molecule has 10 heteroatoms. The number of oxazole rings is 1. The lowest BCUT2D eigenvalue weighted by molar-refractivity contribution is -0.139. The number of phenolic OH excluding ortho intramolecular Hbond substituents is 1. The zero-order valence-electron chi connectivity index (χ0n) is 18.2. The summed E-state index contributed by atoms with van der Waals surface area (Å²) in [7, 11) is 0. The topological polar surface area (TPSA) is 117 Å². The molecule has 1 amide bonds. The van der Waals surface area contributed by atoms with E-state index in [2.05, 4.69) is 15.7 Å². The van der Waals surface area contributed by atoms with Gasteiger partial charge in [-0.1, -0.05) is 18.2 Å². The normalized spacial score (nSPS) is 16.0. The van der Waals surface area contributed by atoms with Crippen molar-refractivity contribution < 1.29 is 23.8 Å². The number of hydrogen-bond acceptors (Lipinski definition) is 7. The smallest absolute Gasteiger partial charge is 0.338 e. The van der Waals surface area contributed by atoms with E-state index in [1.165, 1.54) is 11.1 Å². The number of thiocarbonyl (C=S) groups is 1. The summed E-state index contributed by atoms with van der Waals surface area (Å²) >= 11 is 5.48. The molecule has 1 aromatic heterocycles. The maximum Gasteiger partial charge on any atom is 0.338 e. The van der Waals surface area contributed by atoms with Crippen molar-refractivity contribution in [2.24, 2.45) is 0 Å². The number of esters is 1. The Bertz CT molecular complexity index is 1300. The molecule has 0 saturated carbocycles.